The molecule has 0 bridgehead atoms. The van der Waals surface area contributed by atoms with Gasteiger partial charge in [0, 0.05) is 6.42 Å². The van der Waals surface area contributed by atoms with Crippen molar-refractivity contribution < 1.29 is 28.9 Å². The third-order valence-corrected chi connectivity index (χ3v) is 4.49. The maximum absolute atomic E-state index is 13.3. The molecule has 1 saturated heterocycles. The van der Waals surface area contributed by atoms with Gasteiger partial charge in [-0.2, -0.15) is 0 Å². The molecule has 4 rings (SSSR count). The van der Waals surface area contributed by atoms with E-state index in [0.29, 0.717) is 23.1 Å². The summed E-state index contributed by atoms with van der Waals surface area (Å²) in [5.41, 5.74) is 7.64. The lowest BCUT2D eigenvalue weighted by Crippen LogP contribution is -2.45. The smallest absolute Gasteiger partial charge is 0.289 e. The average molecular weight is 376 g/mol. The number of aliphatic hydroxyl groups excluding tert-OH is 2. The zero-order valence-corrected chi connectivity index (χ0v) is 14.3. The summed E-state index contributed by atoms with van der Waals surface area (Å²) in [5.74, 6) is -0.117. The molecule has 1 aliphatic heterocycles. The number of nitrogen functional groups attached to an aromatic ring is 1. The molecule has 27 heavy (non-hydrogen) atoms. The number of anilines is 1. The van der Waals surface area contributed by atoms with E-state index in [1.165, 1.54) is 29.5 Å². The highest BCUT2D eigenvalue weighted by Gasteiger charge is 2.36. The van der Waals surface area contributed by atoms with Crippen molar-refractivity contribution in [3.05, 3.63) is 48.3 Å². The van der Waals surface area contributed by atoms with Crippen LogP contribution in [0.2, 0.25) is 0 Å². The van der Waals surface area contributed by atoms with Gasteiger partial charge in [-0.1, -0.05) is 21.8 Å². The molecule has 142 valence electrons. The fourth-order valence-electron chi connectivity index (χ4n) is 3.07. The van der Waals surface area contributed by atoms with E-state index >= 15 is 0 Å². The van der Waals surface area contributed by atoms with Crippen molar-refractivity contribution in [3.63, 3.8) is 0 Å². The van der Waals surface area contributed by atoms with Crippen LogP contribution in [0.5, 0.6) is 0 Å². The van der Waals surface area contributed by atoms with Gasteiger partial charge in [0.15, 0.2) is 6.61 Å². The van der Waals surface area contributed by atoms with Gasteiger partial charge in [0.1, 0.15) is 24.5 Å². The van der Waals surface area contributed by atoms with Crippen molar-refractivity contribution in [1.29, 1.82) is 0 Å². The molecule has 3 atom stereocenters. The lowest BCUT2D eigenvalue weighted by atomic mass is 10.2. The molecular weight excluding hydrogens is 357 g/mol. The molecule has 0 saturated carbocycles. The molecule has 10 heteroatoms. The monoisotopic (exact) mass is 376 g/mol. The van der Waals surface area contributed by atoms with Crippen LogP contribution in [0, 0.1) is 5.82 Å². The first kappa shape index (κ1) is 17.6. The number of hydrogen-bond donors (Lipinski definition) is 3. The van der Waals surface area contributed by atoms with Gasteiger partial charge in [0.05, 0.1) is 12.7 Å². The Morgan fingerprint density at radius 2 is 2.26 bits per heavy atom. The number of nitrogens with two attached hydrogens (primary N) is 1. The molecule has 1 aromatic carbocycles. The van der Waals surface area contributed by atoms with E-state index in [-0.39, 0.29) is 24.8 Å². The number of hydrogen-bond acceptors (Lipinski definition) is 7. The summed E-state index contributed by atoms with van der Waals surface area (Å²) in [6, 6.07) is 6.06. The van der Waals surface area contributed by atoms with E-state index in [9.17, 15) is 14.6 Å². The minimum absolute atomic E-state index is 0.108. The van der Waals surface area contributed by atoms with Gasteiger partial charge in [-0.25, -0.2) is 9.37 Å². The van der Waals surface area contributed by atoms with Crippen molar-refractivity contribution in [2.24, 2.45) is 0 Å². The second-order valence-electron chi connectivity index (χ2n) is 6.30. The molecule has 1 fully saturated rings. The maximum Gasteiger partial charge on any atom is 0.289 e. The number of nitrogens with zero attached hydrogens (tertiary/aromatic N) is 4. The molecule has 0 aliphatic carbocycles. The number of ether oxygens (including phenoxy) is 1. The predicted molar refractivity (Wildman–Crippen MR) is 90.4 cm³/mol. The van der Waals surface area contributed by atoms with Crippen molar-refractivity contribution in [2.45, 2.75) is 31.5 Å². The Labute approximate surface area is 153 Å². The summed E-state index contributed by atoms with van der Waals surface area (Å²) in [4.78, 5) is 14.2. The number of fused-ring (bicyclic) bond motifs is 1. The minimum atomic E-state index is -0.766. The Kier molecular flexibility index (Phi) is 4.60. The quantitative estimate of drug-likeness (QED) is 0.524. The predicted octanol–water partition coefficient (Wildman–Crippen LogP) is -0.290. The van der Waals surface area contributed by atoms with Crippen molar-refractivity contribution in [3.8, 4) is 0 Å². The Bertz CT molecular complexity index is 966. The standard InChI is InChI=1S/C17H18FN5O4/c18-11-3-1-2-10(4-11)7-26-23-9-21-17-15(16(23)19)20-8-22(17)14-5-12(25)13(6-24)27-14/h1-4,8-9,12-14,19,24-25H,5-7H2/p+1/t12-,13+,14+/m0/s1. The van der Waals surface area contributed by atoms with Gasteiger partial charge in [0.25, 0.3) is 12.1 Å². The van der Waals surface area contributed by atoms with Gasteiger partial charge in [0.2, 0.25) is 11.2 Å². The Morgan fingerprint density at radius 1 is 1.41 bits per heavy atom. The molecule has 4 N–H and O–H groups in total. The van der Waals surface area contributed by atoms with E-state index in [1.807, 2.05) is 0 Å². The summed E-state index contributed by atoms with van der Waals surface area (Å²) in [6.07, 6.45) is 1.30. The third kappa shape index (κ3) is 3.29. The number of halogens is 1. The molecule has 0 unspecified atom stereocenters. The maximum atomic E-state index is 13.3. The lowest BCUT2D eigenvalue weighted by molar-refractivity contribution is -0.885. The van der Waals surface area contributed by atoms with Crippen LogP contribution in [0.4, 0.5) is 10.2 Å². The van der Waals surface area contributed by atoms with E-state index in [4.69, 9.17) is 15.3 Å². The summed E-state index contributed by atoms with van der Waals surface area (Å²) in [6.45, 7) is -0.162. The topological polar surface area (TPSA) is 120 Å². The van der Waals surface area contributed by atoms with E-state index in [1.54, 1.807) is 16.7 Å². The highest BCUT2D eigenvalue weighted by atomic mass is 19.1. The molecule has 0 radical (unpaired) electrons. The van der Waals surface area contributed by atoms with Gasteiger partial charge >= 0.3 is 0 Å². The van der Waals surface area contributed by atoms with Crippen LogP contribution in [0.1, 0.15) is 18.2 Å². The molecule has 9 nitrogen and oxygen atoms in total. The van der Waals surface area contributed by atoms with Gasteiger partial charge in [-0.05, 0) is 17.7 Å². The zero-order chi connectivity index (χ0) is 19.0. The van der Waals surface area contributed by atoms with Gasteiger partial charge in [-0.15, -0.1) is 0 Å². The SMILES string of the molecule is Nc1c2ncn([C@H]3C[C@H](O)[C@@H](CO)O3)c2nc[n+]1OCc1cccc(F)c1. The summed E-state index contributed by atoms with van der Waals surface area (Å²) in [7, 11) is 0. The average Bonchev–Trinajstić information content (AvgIpc) is 3.24. The summed E-state index contributed by atoms with van der Waals surface area (Å²) < 4.78 is 21.8. The highest BCUT2D eigenvalue weighted by molar-refractivity contribution is 5.79. The number of benzene rings is 1. The van der Waals surface area contributed by atoms with E-state index in [2.05, 4.69) is 9.97 Å². The molecule has 1 aliphatic rings. The third-order valence-electron chi connectivity index (χ3n) is 4.49. The van der Waals surface area contributed by atoms with Crippen molar-refractivity contribution >= 4 is 17.0 Å². The van der Waals surface area contributed by atoms with Crippen LogP contribution in [0.15, 0.2) is 36.9 Å². The summed E-state index contributed by atoms with van der Waals surface area (Å²) in [5, 5.41) is 19.1. The lowest BCUT2D eigenvalue weighted by Gasteiger charge is -2.12. The molecule has 2 aromatic heterocycles. The van der Waals surface area contributed by atoms with E-state index in [0.717, 1.165) is 0 Å². The van der Waals surface area contributed by atoms with Crippen LogP contribution in [0.25, 0.3) is 11.2 Å². The van der Waals surface area contributed by atoms with Crippen molar-refractivity contribution in [1.82, 2.24) is 14.5 Å². The normalized spacial score (nSPS) is 22.4. The Hall–Kier alpha value is -2.82. The number of imidazole rings is 1. The first-order valence-electron chi connectivity index (χ1n) is 8.41. The van der Waals surface area contributed by atoms with Crippen molar-refractivity contribution in [2.75, 3.05) is 12.3 Å². The van der Waals surface area contributed by atoms with Gasteiger partial charge < -0.3 is 25.5 Å². The van der Waals surface area contributed by atoms with Crippen LogP contribution >= 0.6 is 0 Å². The fourth-order valence-corrected chi connectivity index (χ4v) is 3.07. The molecule has 3 aromatic rings. The number of aliphatic hydroxyl groups is 2. The molecule has 0 amide bonds. The first-order valence-corrected chi connectivity index (χ1v) is 8.41. The highest BCUT2D eigenvalue weighted by Crippen LogP contribution is 2.30. The second-order valence-corrected chi connectivity index (χ2v) is 6.30. The summed E-state index contributed by atoms with van der Waals surface area (Å²) >= 11 is 0. The Morgan fingerprint density at radius 3 is 3.00 bits per heavy atom. The van der Waals surface area contributed by atoms with Crippen LogP contribution < -0.4 is 15.3 Å². The van der Waals surface area contributed by atoms with Crippen LogP contribution in [0.3, 0.4) is 0 Å². The fraction of sp³-hybridized carbons (Fsp3) is 0.353. The minimum Gasteiger partial charge on any atom is -0.394 e. The van der Waals surface area contributed by atoms with Gasteiger partial charge in [-0.3, -0.25) is 4.57 Å². The number of aromatic nitrogens is 4. The second kappa shape index (κ2) is 7.06. The van der Waals surface area contributed by atoms with E-state index < -0.39 is 18.4 Å². The molecule has 0 spiro atoms. The van der Waals surface area contributed by atoms with Crippen LogP contribution in [-0.2, 0) is 11.3 Å². The molecule has 3 heterocycles. The molecular formula is C17H19FN5O4+. The van der Waals surface area contributed by atoms with Crippen LogP contribution in [-0.4, -0.2) is 43.6 Å². The number of rotatable bonds is 5. The largest absolute Gasteiger partial charge is 0.394 e. The first-order chi connectivity index (χ1) is 13.1. The Balaban J connectivity index is 1.56. The zero-order valence-electron chi connectivity index (χ0n) is 14.3.